The number of fused-ring (bicyclic) bond motifs is 1. The monoisotopic (exact) mass is 410 g/mol. The van der Waals surface area contributed by atoms with E-state index in [-0.39, 0.29) is 29.7 Å². The molecule has 30 heavy (non-hydrogen) atoms. The summed E-state index contributed by atoms with van der Waals surface area (Å²) in [5.41, 5.74) is 1.30. The number of carbonyl (C=O) groups is 3. The van der Waals surface area contributed by atoms with E-state index in [0.717, 1.165) is 10.9 Å². The Morgan fingerprint density at radius 1 is 1.30 bits per heavy atom. The third-order valence-corrected chi connectivity index (χ3v) is 5.13. The van der Waals surface area contributed by atoms with E-state index < -0.39 is 11.8 Å². The number of nitrogens with zero attached hydrogens (tertiary/aromatic N) is 3. The van der Waals surface area contributed by atoms with Gasteiger partial charge in [0, 0.05) is 56.4 Å². The zero-order valence-electron chi connectivity index (χ0n) is 16.8. The molecule has 0 saturated carbocycles. The average Bonchev–Trinajstić information content (AvgIpc) is 3.30. The molecule has 2 aromatic rings. The number of allylic oxidation sites excluding steroid dienone is 1. The molecule has 1 fully saturated rings. The largest absolute Gasteiger partial charge is 0.462 e. The number of amides is 1. The summed E-state index contributed by atoms with van der Waals surface area (Å²) in [4.78, 5) is 48.0. The van der Waals surface area contributed by atoms with E-state index in [0.29, 0.717) is 31.8 Å². The Morgan fingerprint density at radius 3 is 2.77 bits per heavy atom. The quantitative estimate of drug-likeness (QED) is 0.462. The Morgan fingerprint density at radius 2 is 2.07 bits per heavy atom. The van der Waals surface area contributed by atoms with Crippen molar-refractivity contribution in [3.8, 4) is 0 Å². The third kappa shape index (κ3) is 3.54. The van der Waals surface area contributed by atoms with Crippen molar-refractivity contribution in [3.05, 3.63) is 47.3 Å². The zero-order chi connectivity index (χ0) is 21.3. The lowest BCUT2D eigenvalue weighted by Gasteiger charge is -2.35. The zero-order valence-corrected chi connectivity index (χ0v) is 16.8. The third-order valence-electron chi connectivity index (χ3n) is 5.13. The molecule has 0 radical (unpaired) electrons. The van der Waals surface area contributed by atoms with Gasteiger partial charge in [-0.3, -0.25) is 9.59 Å². The van der Waals surface area contributed by atoms with Crippen LogP contribution >= 0.6 is 0 Å². The molecule has 0 atom stereocenters. The van der Waals surface area contributed by atoms with Crippen molar-refractivity contribution >= 4 is 34.8 Å². The molecule has 0 aromatic carbocycles. The molecule has 0 aliphatic carbocycles. The molecule has 4 rings (SSSR count). The Kier molecular flexibility index (Phi) is 5.26. The van der Waals surface area contributed by atoms with Crippen LogP contribution in [0, 0.1) is 0 Å². The first kappa shape index (κ1) is 19.7. The lowest BCUT2D eigenvalue weighted by Crippen LogP contribution is -2.47. The van der Waals surface area contributed by atoms with Gasteiger partial charge in [-0.2, -0.15) is 0 Å². The van der Waals surface area contributed by atoms with E-state index in [1.807, 2.05) is 6.07 Å². The predicted molar refractivity (Wildman–Crippen MR) is 108 cm³/mol. The van der Waals surface area contributed by atoms with Crippen molar-refractivity contribution in [3.63, 3.8) is 0 Å². The number of aromatic nitrogens is 2. The van der Waals surface area contributed by atoms with Crippen molar-refractivity contribution < 1.29 is 23.9 Å². The number of esters is 1. The van der Waals surface area contributed by atoms with Gasteiger partial charge in [-0.25, -0.2) is 9.78 Å². The molecule has 2 aromatic heterocycles. The second kappa shape index (κ2) is 8.02. The maximum Gasteiger partial charge on any atom is 0.347 e. The van der Waals surface area contributed by atoms with Crippen molar-refractivity contribution in [1.29, 1.82) is 0 Å². The Balaban J connectivity index is 1.65. The molecule has 0 spiro atoms. The highest BCUT2D eigenvalue weighted by molar-refractivity contribution is 6.26. The number of ether oxygens (including phenoxy) is 2. The molecule has 2 aliphatic rings. The maximum atomic E-state index is 13.0. The summed E-state index contributed by atoms with van der Waals surface area (Å²) in [7, 11) is 0. The van der Waals surface area contributed by atoms with Crippen LogP contribution in [0.2, 0.25) is 0 Å². The Bertz CT molecular complexity index is 1080. The first-order valence-electron chi connectivity index (χ1n) is 9.77. The van der Waals surface area contributed by atoms with E-state index in [1.54, 1.807) is 41.3 Å². The van der Waals surface area contributed by atoms with E-state index in [2.05, 4.69) is 9.97 Å². The van der Waals surface area contributed by atoms with Crippen molar-refractivity contribution in [2.24, 2.45) is 0 Å². The van der Waals surface area contributed by atoms with Gasteiger partial charge < -0.3 is 24.3 Å². The number of rotatable bonds is 4. The second-order valence-corrected chi connectivity index (χ2v) is 6.98. The highest BCUT2D eigenvalue weighted by Gasteiger charge is 2.40. The van der Waals surface area contributed by atoms with Gasteiger partial charge in [0.2, 0.25) is 17.6 Å². The molecular weight excluding hydrogens is 388 g/mol. The van der Waals surface area contributed by atoms with Crippen molar-refractivity contribution in [2.75, 3.05) is 32.8 Å². The first-order valence-corrected chi connectivity index (χ1v) is 9.77. The Labute approximate surface area is 172 Å². The second-order valence-electron chi connectivity index (χ2n) is 6.98. The predicted octanol–water partition coefficient (Wildman–Crippen LogP) is 1.44. The number of hydrogen-bond acceptors (Lipinski definition) is 7. The molecule has 1 saturated heterocycles. The highest BCUT2D eigenvalue weighted by atomic mass is 16.5. The lowest BCUT2D eigenvalue weighted by molar-refractivity contribution is -0.140. The van der Waals surface area contributed by atoms with Crippen LogP contribution in [-0.4, -0.2) is 70.2 Å². The van der Waals surface area contributed by atoms with E-state index >= 15 is 0 Å². The summed E-state index contributed by atoms with van der Waals surface area (Å²) in [6.45, 7) is 5.23. The standard InChI is InChI=1S/C21H22N4O5/c1-3-29-21(28)17-18(27)16(11-14-12-23-19-15(14)5-4-6-22-19)30-20(17)25-9-7-24(8-10-25)13(2)26/h4-6,11-12H,3,7-10H2,1-2H3,(H,22,23). The molecule has 4 heterocycles. The van der Waals surface area contributed by atoms with Crippen LogP contribution in [0.3, 0.4) is 0 Å². The number of hydrogen-bond donors (Lipinski definition) is 1. The van der Waals surface area contributed by atoms with Gasteiger partial charge in [0.15, 0.2) is 11.3 Å². The van der Waals surface area contributed by atoms with Gasteiger partial charge in [-0.05, 0) is 25.1 Å². The SMILES string of the molecule is CCOC(=O)C1=C(N2CCN(C(C)=O)CC2)OC(=Cc2c[nH]c3ncccc23)C1=O. The van der Waals surface area contributed by atoms with Crippen LogP contribution in [0.1, 0.15) is 19.4 Å². The molecule has 1 N–H and O–H groups in total. The van der Waals surface area contributed by atoms with Crippen molar-refractivity contribution in [2.45, 2.75) is 13.8 Å². The van der Waals surface area contributed by atoms with Crippen LogP contribution in [0.15, 0.2) is 41.7 Å². The van der Waals surface area contributed by atoms with Gasteiger partial charge in [0.05, 0.1) is 6.61 Å². The fourth-order valence-corrected chi connectivity index (χ4v) is 3.59. The fraction of sp³-hybridized carbons (Fsp3) is 0.333. The number of piperazine rings is 1. The topological polar surface area (TPSA) is 105 Å². The van der Waals surface area contributed by atoms with Crippen LogP contribution in [-0.2, 0) is 23.9 Å². The van der Waals surface area contributed by atoms with Gasteiger partial charge >= 0.3 is 5.97 Å². The molecule has 9 nitrogen and oxygen atoms in total. The first-order chi connectivity index (χ1) is 14.5. The van der Waals surface area contributed by atoms with Crippen LogP contribution in [0.5, 0.6) is 0 Å². The van der Waals surface area contributed by atoms with Crippen LogP contribution < -0.4 is 0 Å². The number of aromatic amines is 1. The highest BCUT2D eigenvalue weighted by Crippen LogP contribution is 2.31. The van der Waals surface area contributed by atoms with Crippen LogP contribution in [0.4, 0.5) is 0 Å². The fourth-order valence-electron chi connectivity index (χ4n) is 3.59. The minimum atomic E-state index is -0.713. The van der Waals surface area contributed by atoms with E-state index in [4.69, 9.17) is 9.47 Å². The Hall–Kier alpha value is -3.62. The number of pyridine rings is 1. The average molecular weight is 410 g/mol. The number of Topliss-reactive ketones (excluding diaryl/α,β-unsaturated/α-hetero) is 1. The summed E-state index contributed by atoms with van der Waals surface area (Å²) in [5.74, 6) is -1.00. The molecule has 2 aliphatic heterocycles. The summed E-state index contributed by atoms with van der Waals surface area (Å²) < 4.78 is 11.0. The summed E-state index contributed by atoms with van der Waals surface area (Å²) in [6, 6.07) is 3.68. The normalized spacial score (nSPS) is 18.3. The van der Waals surface area contributed by atoms with Gasteiger partial charge in [-0.1, -0.05) is 0 Å². The number of H-pyrrole nitrogens is 1. The minimum Gasteiger partial charge on any atom is -0.462 e. The minimum absolute atomic E-state index is 0.00815. The van der Waals surface area contributed by atoms with E-state index in [1.165, 1.54) is 6.92 Å². The lowest BCUT2D eigenvalue weighted by atomic mass is 10.1. The van der Waals surface area contributed by atoms with Crippen molar-refractivity contribution in [1.82, 2.24) is 19.8 Å². The van der Waals surface area contributed by atoms with Gasteiger partial charge in [0.1, 0.15) is 5.65 Å². The number of ketones is 1. The number of carbonyl (C=O) groups excluding carboxylic acids is 3. The smallest absolute Gasteiger partial charge is 0.347 e. The van der Waals surface area contributed by atoms with Crippen LogP contribution in [0.25, 0.3) is 17.1 Å². The summed E-state index contributed by atoms with van der Waals surface area (Å²) in [6.07, 6.45) is 5.00. The summed E-state index contributed by atoms with van der Waals surface area (Å²) in [5, 5.41) is 0.836. The molecule has 0 bridgehead atoms. The van der Waals surface area contributed by atoms with Gasteiger partial charge in [-0.15, -0.1) is 0 Å². The molecular formula is C21H22N4O5. The number of nitrogens with one attached hydrogen (secondary N) is 1. The molecule has 0 unspecified atom stereocenters. The molecule has 1 amide bonds. The molecule has 9 heteroatoms. The summed E-state index contributed by atoms with van der Waals surface area (Å²) >= 11 is 0. The maximum absolute atomic E-state index is 13.0. The van der Waals surface area contributed by atoms with Gasteiger partial charge in [0.25, 0.3) is 0 Å². The van der Waals surface area contributed by atoms with E-state index in [9.17, 15) is 14.4 Å². The molecule has 156 valence electrons.